The van der Waals surface area contributed by atoms with Gasteiger partial charge in [-0.1, -0.05) is 12.1 Å². The third-order valence-electron chi connectivity index (χ3n) is 3.61. The lowest BCUT2D eigenvalue weighted by Gasteiger charge is -2.20. The van der Waals surface area contributed by atoms with Gasteiger partial charge in [-0.3, -0.25) is 0 Å². The lowest BCUT2D eigenvalue weighted by Crippen LogP contribution is -2.31. The predicted molar refractivity (Wildman–Crippen MR) is 79.3 cm³/mol. The lowest BCUT2D eigenvalue weighted by molar-refractivity contribution is 0.568. The fourth-order valence-corrected chi connectivity index (χ4v) is 3.89. The Morgan fingerprint density at radius 3 is 3.10 bits per heavy atom. The van der Waals surface area contributed by atoms with E-state index in [1.54, 1.807) is 24.7 Å². The van der Waals surface area contributed by atoms with Gasteiger partial charge < -0.3 is 9.88 Å². The van der Waals surface area contributed by atoms with E-state index in [9.17, 15) is 8.42 Å². The summed E-state index contributed by atoms with van der Waals surface area (Å²) in [6, 6.07) is 5.46. The van der Waals surface area contributed by atoms with E-state index in [4.69, 9.17) is 0 Å². The first kappa shape index (κ1) is 14.2. The first-order chi connectivity index (χ1) is 10.2. The van der Waals surface area contributed by atoms with Crippen molar-refractivity contribution in [1.29, 1.82) is 0 Å². The molecule has 0 atom stereocenters. The van der Waals surface area contributed by atoms with E-state index in [1.165, 1.54) is 0 Å². The van der Waals surface area contributed by atoms with Gasteiger partial charge in [0.2, 0.25) is 10.0 Å². The van der Waals surface area contributed by atoms with Crippen molar-refractivity contribution in [2.45, 2.75) is 24.4 Å². The molecule has 0 amide bonds. The SMILES string of the molecule is O=S(=O)(NCCn1ccnc1)c1cccc2c1CCNC2. The van der Waals surface area contributed by atoms with Gasteiger partial charge in [-0.15, -0.1) is 0 Å². The minimum Gasteiger partial charge on any atom is -0.336 e. The van der Waals surface area contributed by atoms with Gasteiger partial charge in [0, 0.05) is 32.0 Å². The molecule has 2 heterocycles. The standard InChI is InChI=1S/C14H18N4O2S/c19-21(20,17-7-9-18-8-6-16-11-18)14-3-1-2-12-10-15-5-4-13(12)14/h1-3,6,8,11,15,17H,4-5,7,9-10H2. The van der Waals surface area contributed by atoms with Crippen molar-refractivity contribution in [3.05, 3.63) is 48.0 Å². The van der Waals surface area contributed by atoms with Gasteiger partial charge in [0.15, 0.2) is 0 Å². The number of rotatable bonds is 5. The van der Waals surface area contributed by atoms with Crippen LogP contribution in [0.15, 0.2) is 41.8 Å². The molecule has 1 aromatic heterocycles. The van der Waals surface area contributed by atoms with Crippen LogP contribution in [0.2, 0.25) is 0 Å². The zero-order valence-electron chi connectivity index (χ0n) is 11.6. The van der Waals surface area contributed by atoms with E-state index in [2.05, 4.69) is 15.0 Å². The zero-order chi connectivity index (χ0) is 14.7. The Balaban J connectivity index is 1.75. The maximum atomic E-state index is 12.5. The van der Waals surface area contributed by atoms with Crippen molar-refractivity contribution < 1.29 is 8.42 Å². The highest BCUT2D eigenvalue weighted by atomic mass is 32.2. The van der Waals surface area contributed by atoms with Gasteiger partial charge in [-0.25, -0.2) is 18.1 Å². The highest BCUT2D eigenvalue weighted by Gasteiger charge is 2.21. The van der Waals surface area contributed by atoms with Crippen LogP contribution in [0.3, 0.4) is 0 Å². The molecule has 0 radical (unpaired) electrons. The van der Waals surface area contributed by atoms with Crippen LogP contribution >= 0.6 is 0 Å². The fraction of sp³-hybridized carbons (Fsp3) is 0.357. The van der Waals surface area contributed by atoms with Crippen molar-refractivity contribution in [2.24, 2.45) is 0 Å². The Morgan fingerprint density at radius 1 is 1.38 bits per heavy atom. The number of fused-ring (bicyclic) bond motifs is 1. The molecule has 2 aromatic rings. The minimum absolute atomic E-state index is 0.348. The van der Waals surface area contributed by atoms with Crippen LogP contribution in [0.25, 0.3) is 0 Å². The maximum absolute atomic E-state index is 12.5. The van der Waals surface area contributed by atoms with Crippen molar-refractivity contribution in [3.8, 4) is 0 Å². The Kier molecular flexibility index (Phi) is 4.05. The molecule has 1 aliphatic heterocycles. The third kappa shape index (κ3) is 3.15. The molecular formula is C14H18N4O2S. The Bertz CT molecular complexity index is 711. The molecule has 0 spiro atoms. The summed E-state index contributed by atoms with van der Waals surface area (Å²) in [4.78, 5) is 4.34. The van der Waals surface area contributed by atoms with Crippen LogP contribution in [0.4, 0.5) is 0 Å². The third-order valence-corrected chi connectivity index (χ3v) is 5.15. The lowest BCUT2D eigenvalue weighted by atomic mass is 10.0. The molecule has 7 heteroatoms. The summed E-state index contributed by atoms with van der Waals surface area (Å²) >= 11 is 0. The number of sulfonamides is 1. The number of hydrogen-bond donors (Lipinski definition) is 2. The summed E-state index contributed by atoms with van der Waals surface area (Å²) < 4.78 is 29.5. The van der Waals surface area contributed by atoms with Crippen molar-refractivity contribution >= 4 is 10.0 Å². The summed E-state index contributed by atoms with van der Waals surface area (Å²) in [5.74, 6) is 0. The second-order valence-electron chi connectivity index (χ2n) is 5.02. The Hall–Kier alpha value is -1.70. The average Bonchev–Trinajstić information content (AvgIpc) is 3.00. The Labute approximate surface area is 124 Å². The molecule has 1 aromatic carbocycles. The van der Waals surface area contributed by atoms with Gasteiger partial charge in [0.05, 0.1) is 11.2 Å². The summed E-state index contributed by atoms with van der Waals surface area (Å²) in [5.41, 5.74) is 2.00. The van der Waals surface area contributed by atoms with Crippen LogP contribution in [-0.4, -0.2) is 31.1 Å². The van der Waals surface area contributed by atoms with E-state index in [0.29, 0.717) is 18.0 Å². The highest BCUT2D eigenvalue weighted by Crippen LogP contribution is 2.22. The average molecular weight is 306 g/mol. The van der Waals surface area contributed by atoms with Crippen LogP contribution in [0.5, 0.6) is 0 Å². The molecule has 0 fully saturated rings. The highest BCUT2D eigenvalue weighted by molar-refractivity contribution is 7.89. The van der Waals surface area contributed by atoms with Crippen LogP contribution in [0, 0.1) is 0 Å². The monoisotopic (exact) mass is 306 g/mol. The predicted octanol–water partition coefficient (Wildman–Crippen LogP) is 0.507. The molecule has 21 heavy (non-hydrogen) atoms. The number of aromatic nitrogens is 2. The molecule has 2 N–H and O–H groups in total. The van der Waals surface area contributed by atoms with Crippen molar-refractivity contribution in [1.82, 2.24) is 19.6 Å². The number of hydrogen-bond acceptors (Lipinski definition) is 4. The molecule has 0 saturated carbocycles. The second kappa shape index (κ2) is 5.97. The molecule has 112 valence electrons. The molecule has 0 bridgehead atoms. The topological polar surface area (TPSA) is 76.0 Å². The first-order valence-corrected chi connectivity index (χ1v) is 8.42. The molecule has 0 unspecified atom stereocenters. The van der Waals surface area contributed by atoms with Gasteiger partial charge in [0.1, 0.15) is 0 Å². The van der Waals surface area contributed by atoms with Gasteiger partial charge in [-0.2, -0.15) is 0 Å². The molecule has 1 aliphatic rings. The van der Waals surface area contributed by atoms with Gasteiger partial charge >= 0.3 is 0 Å². The zero-order valence-corrected chi connectivity index (χ0v) is 12.4. The van der Waals surface area contributed by atoms with E-state index in [-0.39, 0.29) is 0 Å². The van der Waals surface area contributed by atoms with Gasteiger partial charge in [0.25, 0.3) is 0 Å². The van der Waals surface area contributed by atoms with Crippen LogP contribution in [-0.2, 0) is 29.5 Å². The summed E-state index contributed by atoms with van der Waals surface area (Å²) in [6.45, 7) is 2.46. The molecule has 3 rings (SSSR count). The fourth-order valence-electron chi connectivity index (χ4n) is 2.55. The van der Waals surface area contributed by atoms with Crippen LogP contribution < -0.4 is 10.0 Å². The number of nitrogens with one attached hydrogen (secondary N) is 2. The minimum atomic E-state index is -3.47. The Morgan fingerprint density at radius 2 is 2.29 bits per heavy atom. The van der Waals surface area contributed by atoms with E-state index < -0.39 is 10.0 Å². The number of nitrogens with zero attached hydrogens (tertiary/aromatic N) is 2. The first-order valence-electron chi connectivity index (χ1n) is 6.94. The quantitative estimate of drug-likeness (QED) is 0.844. The smallest absolute Gasteiger partial charge is 0.240 e. The molecule has 0 saturated heterocycles. The normalized spacial score (nSPS) is 14.9. The van der Waals surface area contributed by atoms with E-state index in [0.717, 1.165) is 30.6 Å². The van der Waals surface area contributed by atoms with E-state index >= 15 is 0 Å². The number of imidazole rings is 1. The van der Waals surface area contributed by atoms with Crippen LogP contribution in [0.1, 0.15) is 11.1 Å². The molecular weight excluding hydrogens is 288 g/mol. The molecule has 6 nitrogen and oxygen atoms in total. The number of benzene rings is 1. The maximum Gasteiger partial charge on any atom is 0.240 e. The summed E-state index contributed by atoms with van der Waals surface area (Å²) in [7, 11) is -3.47. The summed E-state index contributed by atoms with van der Waals surface area (Å²) in [5, 5.41) is 3.26. The summed E-state index contributed by atoms with van der Waals surface area (Å²) in [6.07, 6.45) is 5.90. The van der Waals surface area contributed by atoms with E-state index in [1.807, 2.05) is 16.8 Å². The van der Waals surface area contributed by atoms with Gasteiger partial charge in [-0.05, 0) is 30.2 Å². The van der Waals surface area contributed by atoms with Crippen molar-refractivity contribution in [2.75, 3.05) is 13.1 Å². The molecule has 0 aliphatic carbocycles. The van der Waals surface area contributed by atoms with Crippen molar-refractivity contribution in [3.63, 3.8) is 0 Å². The largest absolute Gasteiger partial charge is 0.336 e. The second-order valence-corrected chi connectivity index (χ2v) is 6.75.